The molecule has 0 aliphatic carbocycles. The zero-order chi connectivity index (χ0) is 9.68. The second-order valence-electron chi connectivity index (χ2n) is 2.57. The van der Waals surface area contributed by atoms with Gasteiger partial charge in [-0.15, -0.1) is 0 Å². The van der Waals surface area contributed by atoms with Gasteiger partial charge in [-0.1, -0.05) is 0 Å². The number of nitrogens with one attached hydrogen (secondary N) is 1. The topological polar surface area (TPSA) is 47.6 Å². The molecule has 0 aromatic heterocycles. The molecule has 1 heterocycles. The summed E-state index contributed by atoms with van der Waals surface area (Å²) in [6, 6.07) is 0. The monoisotopic (exact) mass is 195 g/mol. The molecule has 1 aliphatic rings. The quantitative estimate of drug-likeness (QED) is 0.677. The van der Waals surface area contributed by atoms with Gasteiger partial charge in [0.1, 0.15) is 0 Å². The third-order valence-electron chi connectivity index (χ3n) is 1.54. The fraction of sp³-hybridized carbons (Fsp3) is 0.857. The van der Waals surface area contributed by atoms with Crippen LogP contribution in [-0.2, 0) is 14.3 Å². The lowest BCUT2D eigenvalue weighted by molar-refractivity contribution is -0.148. The van der Waals surface area contributed by atoms with Crippen molar-refractivity contribution in [1.29, 1.82) is 0 Å². The molecule has 0 aromatic rings. The lowest BCUT2D eigenvalue weighted by Crippen LogP contribution is -2.44. The van der Waals surface area contributed by atoms with Gasteiger partial charge in [-0.05, 0) is 0 Å². The number of alkyl halides is 2. The maximum absolute atomic E-state index is 11.7. The highest BCUT2D eigenvalue weighted by Gasteiger charge is 2.22. The summed E-state index contributed by atoms with van der Waals surface area (Å²) in [5, 5.41) is 2.06. The maximum atomic E-state index is 11.7. The van der Waals surface area contributed by atoms with Crippen LogP contribution < -0.4 is 5.32 Å². The van der Waals surface area contributed by atoms with Crippen molar-refractivity contribution in [2.24, 2.45) is 0 Å². The van der Waals surface area contributed by atoms with Crippen LogP contribution in [-0.4, -0.2) is 44.8 Å². The highest BCUT2D eigenvalue weighted by molar-refractivity contribution is 5.80. The summed E-state index contributed by atoms with van der Waals surface area (Å²) in [7, 11) is 0. The summed E-state index contributed by atoms with van der Waals surface area (Å²) in [5.41, 5.74) is 0. The summed E-state index contributed by atoms with van der Waals surface area (Å²) in [6.07, 6.45) is -3.28. The van der Waals surface area contributed by atoms with E-state index in [4.69, 9.17) is 9.47 Å². The molecule has 1 amide bonds. The molecule has 0 aromatic carbocycles. The molecule has 1 unspecified atom stereocenters. The number of carbonyl (C=O) groups is 1. The molecule has 1 N–H and O–H groups in total. The van der Waals surface area contributed by atoms with E-state index in [0.717, 1.165) is 0 Å². The molecule has 1 atom stereocenters. The van der Waals surface area contributed by atoms with Crippen molar-refractivity contribution in [3.05, 3.63) is 0 Å². The van der Waals surface area contributed by atoms with Crippen molar-refractivity contribution < 1.29 is 23.0 Å². The molecule has 0 saturated carbocycles. The summed E-state index contributed by atoms with van der Waals surface area (Å²) >= 11 is 0. The van der Waals surface area contributed by atoms with E-state index in [1.807, 2.05) is 0 Å². The molecule has 0 radical (unpaired) electrons. The molecule has 13 heavy (non-hydrogen) atoms. The normalized spacial score (nSPS) is 23.2. The standard InChI is InChI=1S/C7H11F2NO3/c8-6(9)3-10-7(11)5-4-12-1-2-13-5/h5-6H,1-4H2,(H,10,11). The summed E-state index contributed by atoms with van der Waals surface area (Å²) in [6.45, 7) is 0.263. The van der Waals surface area contributed by atoms with Crippen molar-refractivity contribution in [2.75, 3.05) is 26.4 Å². The Morgan fingerprint density at radius 1 is 1.54 bits per heavy atom. The van der Waals surface area contributed by atoms with Gasteiger partial charge in [0.2, 0.25) is 0 Å². The van der Waals surface area contributed by atoms with Crippen LogP contribution in [0.1, 0.15) is 0 Å². The van der Waals surface area contributed by atoms with E-state index in [0.29, 0.717) is 13.2 Å². The van der Waals surface area contributed by atoms with E-state index in [1.165, 1.54) is 0 Å². The van der Waals surface area contributed by atoms with Crippen LogP contribution in [0.2, 0.25) is 0 Å². The zero-order valence-electron chi connectivity index (χ0n) is 6.96. The van der Waals surface area contributed by atoms with Gasteiger partial charge >= 0.3 is 0 Å². The molecule has 6 heteroatoms. The van der Waals surface area contributed by atoms with Crippen LogP contribution in [0.5, 0.6) is 0 Å². The first-order valence-electron chi connectivity index (χ1n) is 3.95. The van der Waals surface area contributed by atoms with Crippen molar-refractivity contribution in [1.82, 2.24) is 5.32 Å². The predicted octanol–water partition coefficient (Wildman–Crippen LogP) is -0.217. The molecule has 1 aliphatic heterocycles. The molecule has 0 bridgehead atoms. The molecular formula is C7H11F2NO3. The van der Waals surface area contributed by atoms with E-state index in [9.17, 15) is 13.6 Å². The lowest BCUT2D eigenvalue weighted by atomic mass is 10.3. The molecular weight excluding hydrogens is 184 g/mol. The minimum Gasteiger partial charge on any atom is -0.376 e. The van der Waals surface area contributed by atoms with E-state index < -0.39 is 25.0 Å². The average Bonchev–Trinajstić information content (AvgIpc) is 2.15. The lowest BCUT2D eigenvalue weighted by Gasteiger charge is -2.21. The van der Waals surface area contributed by atoms with Crippen LogP contribution in [0.25, 0.3) is 0 Å². The van der Waals surface area contributed by atoms with Crippen LogP contribution in [0.3, 0.4) is 0 Å². The Morgan fingerprint density at radius 3 is 2.85 bits per heavy atom. The maximum Gasteiger partial charge on any atom is 0.255 e. The largest absolute Gasteiger partial charge is 0.376 e. The third kappa shape index (κ3) is 3.65. The fourth-order valence-corrected chi connectivity index (χ4v) is 0.931. The first kappa shape index (κ1) is 10.3. The fourth-order valence-electron chi connectivity index (χ4n) is 0.931. The Labute approximate surface area is 74.2 Å². The van der Waals surface area contributed by atoms with Crippen LogP contribution in [0, 0.1) is 0 Å². The molecule has 1 rings (SSSR count). The Bertz CT molecular complexity index is 171. The van der Waals surface area contributed by atoms with Gasteiger partial charge in [-0.2, -0.15) is 0 Å². The van der Waals surface area contributed by atoms with Gasteiger partial charge in [0.05, 0.1) is 26.4 Å². The first-order chi connectivity index (χ1) is 6.20. The van der Waals surface area contributed by atoms with Crippen LogP contribution >= 0.6 is 0 Å². The Hall–Kier alpha value is -0.750. The summed E-state index contributed by atoms with van der Waals surface area (Å²) in [5.74, 6) is -0.542. The SMILES string of the molecule is O=C(NCC(F)F)C1COCCO1. The first-order valence-corrected chi connectivity index (χ1v) is 3.95. The van der Waals surface area contributed by atoms with Gasteiger partial charge < -0.3 is 14.8 Å². The zero-order valence-corrected chi connectivity index (χ0v) is 6.96. The third-order valence-corrected chi connectivity index (χ3v) is 1.54. The van der Waals surface area contributed by atoms with Crippen molar-refractivity contribution >= 4 is 5.91 Å². The summed E-state index contributed by atoms with van der Waals surface area (Å²) < 4.78 is 33.3. The minimum atomic E-state index is -2.53. The minimum absolute atomic E-state index is 0.134. The Kier molecular flexibility index (Phi) is 4.04. The number of hydrogen-bond acceptors (Lipinski definition) is 3. The van der Waals surface area contributed by atoms with E-state index in [1.54, 1.807) is 0 Å². The van der Waals surface area contributed by atoms with Gasteiger partial charge in [0.15, 0.2) is 6.10 Å². The highest BCUT2D eigenvalue weighted by Crippen LogP contribution is 2.00. The number of ether oxygens (including phenoxy) is 2. The number of halogens is 2. The smallest absolute Gasteiger partial charge is 0.255 e. The summed E-state index contributed by atoms with van der Waals surface area (Å²) in [4.78, 5) is 11.1. The number of hydrogen-bond donors (Lipinski definition) is 1. The second kappa shape index (κ2) is 5.08. The Morgan fingerprint density at radius 2 is 2.31 bits per heavy atom. The molecule has 4 nitrogen and oxygen atoms in total. The molecule has 1 saturated heterocycles. The van der Waals surface area contributed by atoms with Crippen LogP contribution in [0.4, 0.5) is 8.78 Å². The number of rotatable bonds is 3. The predicted molar refractivity (Wildman–Crippen MR) is 39.6 cm³/mol. The molecule has 0 spiro atoms. The van der Waals surface area contributed by atoms with Crippen molar-refractivity contribution in [3.8, 4) is 0 Å². The number of amides is 1. The van der Waals surface area contributed by atoms with E-state index >= 15 is 0 Å². The van der Waals surface area contributed by atoms with Gasteiger partial charge in [0, 0.05) is 0 Å². The van der Waals surface area contributed by atoms with Crippen LogP contribution in [0.15, 0.2) is 0 Å². The number of carbonyl (C=O) groups excluding carboxylic acids is 1. The molecule has 1 fully saturated rings. The highest BCUT2D eigenvalue weighted by atomic mass is 19.3. The van der Waals surface area contributed by atoms with Gasteiger partial charge in [-0.3, -0.25) is 4.79 Å². The Balaban J connectivity index is 2.21. The van der Waals surface area contributed by atoms with Gasteiger partial charge in [-0.25, -0.2) is 8.78 Å². The van der Waals surface area contributed by atoms with Gasteiger partial charge in [0.25, 0.3) is 12.3 Å². The van der Waals surface area contributed by atoms with Crippen molar-refractivity contribution in [3.63, 3.8) is 0 Å². The van der Waals surface area contributed by atoms with E-state index in [2.05, 4.69) is 5.32 Å². The molecule has 76 valence electrons. The van der Waals surface area contributed by atoms with Crippen molar-refractivity contribution in [2.45, 2.75) is 12.5 Å². The van der Waals surface area contributed by atoms with E-state index in [-0.39, 0.29) is 6.61 Å². The average molecular weight is 195 g/mol. The second-order valence-corrected chi connectivity index (χ2v) is 2.57.